The molecule has 2 aromatic carbocycles. The minimum atomic E-state index is -0.341. The summed E-state index contributed by atoms with van der Waals surface area (Å²) in [6.07, 6.45) is 0. The quantitative estimate of drug-likeness (QED) is 0.702. The van der Waals surface area contributed by atoms with E-state index in [1.54, 1.807) is 18.2 Å². The number of hydrogen-bond acceptors (Lipinski definition) is 1. The van der Waals surface area contributed by atoms with E-state index in [2.05, 4.69) is 26.6 Å². The number of amides is 2. The number of carbonyl (C=O) groups is 1. The van der Waals surface area contributed by atoms with E-state index in [0.717, 1.165) is 10.0 Å². The summed E-state index contributed by atoms with van der Waals surface area (Å²) in [6.45, 7) is 1.90. The summed E-state index contributed by atoms with van der Waals surface area (Å²) in [5, 5.41) is 6.48. The van der Waals surface area contributed by atoms with Crippen LogP contribution in [0.15, 0.2) is 46.9 Å². The lowest BCUT2D eigenvalue weighted by molar-refractivity contribution is 0.249. The van der Waals surface area contributed by atoms with Crippen molar-refractivity contribution in [1.29, 1.82) is 0 Å². The maximum absolute atomic E-state index is 12.0. The number of benzene rings is 2. The Bertz CT molecular complexity index is 664. The second-order valence-electron chi connectivity index (χ2n) is 4.50. The number of hydrogen-bond donors (Lipinski definition) is 2. The van der Waals surface area contributed by atoms with Gasteiger partial charge < -0.3 is 10.6 Å². The Balaban J connectivity index is 2.03. The van der Waals surface area contributed by atoms with Gasteiger partial charge >= 0.3 is 6.03 Å². The van der Waals surface area contributed by atoms with Crippen LogP contribution in [-0.4, -0.2) is 6.03 Å². The number of nitrogens with one attached hydrogen (secondary N) is 2. The first-order valence-electron chi connectivity index (χ1n) is 6.24. The predicted molar refractivity (Wildman–Crippen MR) is 91.2 cm³/mol. The molecule has 0 saturated heterocycles. The normalized spacial score (nSPS) is 11.8. The zero-order valence-corrected chi connectivity index (χ0v) is 14.3. The maximum atomic E-state index is 12.0. The Kier molecular flexibility index (Phi) is 5.51. The van der Waals surface area contributed by atoms with Gasteiger partial charge in [-0.25, -0.2) is 4.79 Å². The Morgan fingerprint density at radius 1 is 1.19 bits per heavy atom. The van der Waals surface area contributed by atoms with Crippen molar-refractivity contribution in [2.24, 2.45) is 0 Å². The Morgan fingerprint density at radius 3 is 2.67 bits per heavy atom. The summed E-state index contributed by atoms with van der Waals surface area (Å²) >= 11 is 15.3. The van der Waals surface area contributed by atoms with Crippen LogP contribution in [0.2, 0.25) is 10.0 Å². The summed E-state index contributed by atoms with van der Waals surface area (Å²) in [5.41, 5.74) is 1.47. The molecule has 0 aliphatic carbocycles. The molecule has 0 aliphatic heterocycles. The lowest BCUT2D eigenvalue weighted by atomic mass is 10.1. The van der Waals surface area contributed by atoms with Gasteiger partial charge in [0.25, 0.3) is 0 Å². The monoisotopic (exact) mass is 386 g/mol. The third kappa shape index (κ3) is 4.63. The maximum Gasteiger partial charge on any atom is 0.319 e. The molecule has 21 heavy (non-hydrogen) atoms. The summed E-state index contributed by atoms with van der Waals surface area (Å²) in [7, 11) is 0. The Hall–Kier alpha value is -1.23. The van der Waals surface area contributed by atoms with Gasteiger partial charge in [0.15, 0.2) is 0 Å². The average molecular weight is 388 g/mol. The molecule has 0 spiro atoms. The van der Waals surface area contributed by atoms with Crippen LogP contribution in [0.1, 0.15) is 18.5 Å². The number of rotatable bonds is 3. The molecule has 1 atom stereocenters. The number of urea groups is 1. The highest BCUT2D eigenvalue weighted by molar-refractivity contribution is 9.10. The van der Waals surface area contributed by atoms with Crippen LogP contribution < -0.4 is 10.6 Å². The number of carbonyl (C=O) groups excluding carboxylic acids is 1. The Labute approximate surface area is 141 Å². The van der Waals surface area contributed by atoms with Crippen LogP contribution in [0, 0.1) is 0 Å². The van der Waals surface area contributed by atoms with Crippen LogP contribution in [0.25, 0.3) is 0 Å². The fourth-order valence-electron chi connectivity index (χ4n) is 1.81. The molecule has 2 N–H and O–H groups in total. The van der Waals surface area contributed by atoms with Gasteiger partial charge in [0.1, 0.15) is 0 Å². The van der Waals surface area contributed by atoms with Crippen molar-refractivity contribution in [3.05, 3.63) is 62.5 Å². The van der Waals surface area contributed by atoms with Gasteiger partial charge in [0, 0.05) is 9.50 Å². The van der Waals surface area contributed by atoms with Gasteiger partial charge in [-0.1, -0.05) is 51.3 Å². The van der Waals surface area contributed by atoms with Gasteiger partial charge in [-0.2, -0.15) is 0 Å². The number of halogens is 3. The topological polar surface area (TPSA) is 41.1 Å². The van der Waals surface area contributed by atoms with Gasteiger partial charge in [-0.15, -0.1) is 0 Å². The van der Waals surface area contributed by atoms with E-state index in [9.17, 15) is 4.79 Å². The van der Waals surface area contributed by atoms with E-state index < -0.39 is 0 Å². The second kappa shape index (κ2) is 7.16. The number of anilines is 1. The van der Waals surface area contributed by atoms with E-state index in [4.69, 9.17) is 23.2 Å². The van der Waals surface area contributed by atoms with Crippen LogP contribution in [0.4, 0.5) is 10.5 Å². The average Bonchev–Trinajstić information content (AvgIpc) is 2.42. The molecule has 0 radical (unpaired) electrons. The van der Waals surface area contributed by atoms with Crippen LogP contribution >= 0.6 is 39.1 Å². The minimum absolute atomic E-state index is 0.138. The van der Waals surface area contributed by atoms with Crippen LogP contribution in [-0.2, 0) is 0 Å². The highest BCUT2D eigenvalue weighted by Crippen LogP contribution is 2.25. The summed E-state index contributed by atoms with van der Waals surface area (Å²) in [6, 6.07) is 12.2. The van der Waals surface area contributed by atoms with Crippen molar-refractivity contribution in [3.8, 4) is 0 Å². The zero-order valence-electron chi connectivity index (χ0n) is 11.2. The summed E-state index contributed by atoms with van der Waals surface area (Å²) in [5.74, 6) is 0. The summed E-state index contributed by atoms with van der Waals surface area (Å²) < 4.78 is 0.965. The van der Waals surface area contributed by atoms with Crippen molar-refractivity contribution < 1.29 is 4.79 Å². The largest absolute Gasteiger partial charge is 0.331 e. The first-order valence-corrected chi connectivity index (χ1v) is 7.78. The molecule has 2 aromatic rings. The molecule has 2 rings (SSSR count). The first-order chi connectivity index (χ1) is 9.95. The molecular weight excluding hydrogens is 375 g/mol. The van der Waals surface area contributed by atoms with Crippen LogP contribution in [0.3, 0.4) is 0 Å². The second-order valence-corrected chi connectivity index (χ2v) is 6.26. The molecule has 110 valence electrons. The molecule has 0 aliphatic rings. The SMILES string of the molecule is CC(NC(=O)Nc1cc(Cl)ccc1Cl)c1cccc(Br)c1. The lowest BCUT2D eigenvalue weighted by Gasteiger charge is -2.16. The van der Waals surface area contributed by atoms with Gasteiger partial charge in [-0.05, 0) is 42.8 Å². The van der Waals surface area contributed by atoms with E-state index >= 15 is 0 Å². The van der Waals surface area contributed by atoms with Gasteiger partial charge in [0.2, 0.25) is 0 Å². The smallest absolute Gasteiger partial charge is 0.319 e. The zero-order chi connectivity index (χ0) is 15.4. The van der Waals surface area contributed by atoms with Crippen molar-refractivity contribution in [1.82, 2.24) is 5.32 Å². The molecule has 6 heteroatoms. The molecule has 0 fully saturated rings. The third-order valence-corrected chi connectivity index (χ3v) is 3.93. The van der Waals surface area contributed by atoms with E-state index in [1.807, 2.05) is 31.2 Å². The fraction of sp³-hybridized carbons (Fsp3) is 0.133. The van der Waals surface area contributed by atoms with Gasteiger partial charge in [0.05, 0.1) is 16.8 Å². The van der Waals surface area contributed by atoms with E-state index in [-0.39, 0.29) is 12.1 Å². The van der Waals surface area contributed by atoms with Crippen molar-refractivity contribution in [2.45, 2.75) is 13.0 Å². The molecular formula is C15H13BrCl2N2O. The highest BCUT2D eigenvalue weighted by Gasteiger charge is 2.11. The first kappa shape index (κ1) is 16.1. The van der Waals surface area contributed by atoms with Crippen molar-refractivity contribution in [3.63, 3.8) is 0 Å². The lowest BCUT2D eigenvalue weighted by Crippen LogP contribution is -2.31. The molecule has 0 bridgehead atoms. The molecule has 2 amide bonds. The predicted octanol–water partition coefficient (Wildman–Crippen LogP) is 5.64. The highest BCUT2D eigenvalue weighted by atomic mass is 79.9. The standard InChI is InChI=1S/C15H13BrCl2N2O/c1-9(10-3-2-4-11(16)7-10)19-15(21)20-14-8-12(17)5-6-13(14)18/h2-9H,1H3,(H2,19,20,21). The molecule has 0 saturated carbocycles. The third-order valence-electron chi connectivity index (χ3n) is 2.87. The van der Waals surface area contributed by atoms with E-state index in [1.165, 1.54) is 0 Å². The molecule has 0 heterocycles. The molecule has 0 aromatic heterocycles. The molecule has 1 unspecified atom stereocenters. The van der Waals surface area contributed by atoms with Crippen molar-refractivity contribution >= 4 is 50.9 Å². The van der Waals surface area contributed by atoms with Gasteiger partial charge in [-0.3, -0.25) is 0 Å². The molecule has 3 nitrogen and oxygen atoms in total. The summed E-state index contributed by atoms with van der Waals surface area (Å²) in [4.78, 5) is 12.0. The fourth-order valence-corrected chi connectivity index (χ4v) is 2.56. The van der Waals surface area contributed by atoms with E-state index in [0.29, 0.717) is 15.7 Å². The van der Waals surface area contributed by atoms with Crippen molar-refractivity contribution in [2.75, 3.05) is 5.32 Å². The minimum Gasteiger partial charge on any atom is -0.331 e. The Morgan fingerprint density at radius 2 is 1.95 bits per heavy atom. The van der Waals surface area contributed by atoms with Crippen LogP contribution in [0.5, 0.6) is 0 Å².